The minimum Gasteiger partial charge on any atom is -0.480 e. The van der Waals surface area contributed by atoms with Crippen LogP contribution in [0.5, 0.6) is 0 Å². The van der Waals surface area contributed by atoms with Gasteiger partial charge in [-0.1, -0.05) is 18.2 Å². The molecule has 10 nitrogen and oxygen atoms in total. The molecular formula is C24H31N5O5S. The van der Waals surface area contributed by atoms with Crippen molar-refractivity contribution in [2.45, 2.75) is 56.3 Å². The third-order valence-corrected chi connectivity index (χ3v) is 7.28. The SMILES string of the molecule is NC(CS)C(=O)NC(Cc1c[nH]c2ccccc12)C(=O)N1CCCC1C(=O)N1CCCC1C(=O)O. The lowest BCUT2D eigenvalue weighted by Crippen LogP contribution is -2.57. The topological polar surface area (TPSA) is 149 Å². The van der Waals surface area contributed by atoms with E-state index in [0.29, 0.717) is 38.8 Å². The van der Waals surface area contributed by atoms with Gasteiger partial charge in [-0.05, 0) is 37.3 Å². The molecule has 2 fully saturated rings. The summed E-state index contributed by atoms with van der Waals surface area (Å²) in [4.78, 5) is 57.4. The van der Waals surface area contributed by atoms with Gasteiger partial charge < -0.3 is 30.9 Å². The van der Waals surface area contributed by atoms with Crippen LogP contribution in [0.4, 0.5) is 0 Å². The van der Waals surface area contributed by atoms with Crippen LogP contribution in [0.2, 0.25) is 0 Å². The zero-order valence-corrected chi connectivity index (χ0v) is 20.2. The largest absolute Gasteiger partial charge is 0.480 e. The van der Waals surface area contributed by atoms with E-state index in [1.54, 1.807) is 0 Å². The molecule has 2 aromatic rings. The molecule has 4 unspecified atom stereocenters. The molecule has 1 aromatic heterocycles. The van der Waals surface area contributed by atoms with Gasteiger partial charge in [0.05, 0.1) is 6.04 Å². The number of carboxylic acids is 1. The number of benzene rings is 1. The number of carbonyl (C=O) groups excluding carboxylic acids is 3. The van der Waals surface area contributed by atoms with Gasteiger partial charge in [-0.15, -0.1) is 0 Å². The zero-order valence-electron chi connectivity index (χ0n) is 19.4. The zero-order chi connectivity index (χ0) is 25.1. The first-order valence-electron chi connectivity index (χ1n) is 11.9. The van der Waals surface area contributed by atoms with Crippen molar-refractivity contribution in [1.82, 2.24) is 20.1 Å². The van der Waals surface area contributed by atoms with E-state index in [1.807, 2.05) is 30.5 Å². The minimum absolute atomic E-state index is 0.121. The van der Waals surface area contributed by atoms with E-state index >= 15 is 0 Å². The highest BCUT2D eigenvalue weighted by atomic mass is 32.1. The van der Waals surface area contributed by atoms with Crippen LogP contribution in [0.25, 0.3) is 10.9 Å². The molecule has 11 heteroatoms. The molecule has 4 rings (SSSR count). The van der Waals surface area contributed by atoms with Gasteiger partial charge in [0.15, 0.2) is 0 Å². The number of hydrogen-bond acceptors (Lipinski definition) is 6. The number of likely N-dealkylation sites (tertiary alicyclic amines) is 2. The van der Waals surface area contributed by atoms with Gasteiger partial charge in [0.25, 0.3) is 0 Å². The maximum atomic E-state index is 13.8. The van der Waals surface area contributed by atoms with E-state index in [1.165, 1.54) is 9.80 Å². The molecule has 5 N–H and O–H groups in total. The van der Waals surface area contributed by atoms with Gasteiger partial charge in [0.2, 0.25) is 17.7 Å². The maximum absolute atomic E-state index is 13.8. The molecule has 2 aliphatic rings. The van der Waals surface area contributed by atoms with Crippen molar-refractivity contribution in [1.29, 1.82) is 0 Å². The number of fused-ring (bicyclic) bond motifs is 1. The number of H-pyrrole nitrogens is 1. The van der Waals surface area contributed by atoms with Crippen molar-refractivity contribution in [2.24, 2.45) is 5.73 Å². The number of aromatic amines is 1. The minimum atomic E-state index is -1.03. The van der Waals surface area contributed by atoms with Crippen LogP contribution in [0.3, 0.4) is 0 Å². The summed E-state index contributed by atoms with van der Waals surface area (Å²) in [6, 6.07) is 4.24. The second-order valence-electron chi connectivity index (χ2n) is 9.13. The fraction of sp³-hybridized carbons (Fsp3) is 0.500. The quantitative estimate of drug-likeness (QED) is 0.333. The Hall–Kier alpha value is -3.05. The van der Waals surface area contributed by atoms with E-state index in [4.69, 9.17) is 5.73 Å². The molecule has 2 aliphatic heterocycles. The summed E-state index contributed by atoms with van der Waals surface area (Å²) in [5.41, 5.74) is 7.61. The van der Waals surface area contributed by atoms with E-state index < -0.39 is 36.0 Å². The second kappa shape index (κ2) is 10.7. The number of hydrogen-bond donors (Lipinski definition) is 5. The smallest absolute Gasteiger partial charge is 0.326 e. The van der Waals surface area contributed by atoms with E-state index in [0.717, 1.165) is 16.5 Å². The lowest BCUT2D eigenvalue weighted by molar-refractivity contribution is -0.152. The molecule has 0 saturated carbocycles. The normalized spacial score (nSPS) is 21.8. The van der Waals surface area contributed by atoms with Gasteiger partial charge in [-0.3, -0.25) is 14.4 Å². The van der Waals surface area contributed by atoms with Crippen LogP contribution >= 0.6 is 12.6 Å². The van der Waals surface area contributed by atoms with Crippen LogP contribution in [-0.2, 0) is 25.6 Å². The first-order valence-corrected chi connectivity index (χ1v) is 12.5. The molecule has 1 aromatic carbocycles. The second-order valence-corrected chi connectivity index (χ2v) is 9.50. The number of amides is 3. The fourth-order valence-electron chi connectivity index (χ4n) is 5.05. The Kier molecular flexibility index (Phi) is 7.66. The van der Waals surface area contributed by atoms with E-state index in [-0.39, 0.29) is 24.0 Å². The van der Waals surface area contributed by atoms with Gasteiger partial charge >= 0.3 is 5.97 Å². The fourth-order valence-corrected chi connectivity index (χ4v) is 5.21. The molecule has 0 spiro atoms. The first-order chi connectivity index (χ1) is 16.8. The number of rotatable bonds is 8. The van der Waals surface area contributed by atoms with Gasteiger partial charge in [-0.2, -0.15) is 12.6 Å². The molecule has 35 heavy (non-hydrogen) atoms. The summed E-state index contributed by atoms with van der Waals surface area (Å²) in [6.45, 7) is 0.723. The summed E-state index contributed by atoms with van der Waals surface area (Å²) in [6.07, 6.45) is 4.12. The number of carbonyl (C=O) groups is 4. The Morgan fingerprint density at radius 1 is 1.11 bits per heavy atom. The monoisotopic (exact) mass is 501 g/mol. The number of aliphatic carboxylic acids is 1. The summed E-state index contributed by atoms with van der Waals surface area (Å²) >= 11 is 4.09. The van der Waals surface area contributed by atoms with Crippen LogP contribution in [0, 0.1) is 0 Å². The summed E-state index contributed by atoms with van der Waals surface area (Å²) in [5, 5.41) is 13.2. The summed E-state index contributed by atoms with van der Waals surface area (Å²) in [5.74, 6) is -2.12. The van der Waals surface area contributed by atoms with Crippen LogP contribution < -0.4 is 11.1 Å². The number of nitrogens with zero attached hydrogens (tertiary/aromatic N) is 2. The molecule has 4 atom stereocenters. The number of thiol groups is 1. The molecule has 188 valence electrons. The standard InChI is InChI=1S/C24H31N5O5S/c25-16(13-35)21(30)27-18(11-14-12-26-17-6-2-1-5-15(14)17)22(31)28-9-3-7-19(28)23(32)29-10-4-8-20(29)24(33)34/h1-2,5-6,12,16,18-20,26,35H,3-4,7-11,13,25H2,(H,27,30)(H,33,34). The van der Waals surface area contributed by atoms with Crippen molar-refractivity contribution in [3.05, 3.63) is 36.0 Å². The summed E-state index contributed by atoms with van der Waals surface area (Å²) < 4.78 is 0. The Morgan fingerprint density at radius 3 is 2.51 bits per heavy atom. The Morgan fingerprint density at radius 2 is 1.80 bits per heavy atom. The molecule has 0 bridgehead atoms. The Labute approximate surface area is 208 Å². The van der Waals surface area contributed by atoms with Crippen molar-refractivity contribution in [3.63, 3.8) is 0 Å². The predicted octanol–water partition coefficient (Wildman–Crippen LogP) is 0.519. The van der Waals surface area contributed by atoms with Crippen molar-refractivity contribution in [2.75, 3.05) is 18.8 Å². The molecule has 0 radical (unpaired) electrons. The molecule has 3 heterocycles. The van der Waals surface area contributed by atoms with Crippen LogP contribution in [-0.4, -0.2) is 86.6 Å². The average Bonchev–Trinajstić information content (AvgIpc) is 3.62. The third kappa shape index (κ3) is 5.15. The van der Waals surface area contributed by atoms with Gasteiger partial charge in [0.1, 0.15) is 18.1 Å². The lowest BCUT2D eigenvalue weighted by Gasteiger charge is -2.32. The average molecular weight is 502 g/mol. The molecular weight excluding hydrogens is 470 g/mol. The third-order valence-electron chi connectivity index (χ3n) is 6.89. The highest BCUT2D eigenvalue weighted by Crippen LogP contribution is 2.27. The molecule has 2 saturated heterocycles. The Bertz CT molecular complexity index is 1120. The predicted molar refractivity (Wildman–Crippen MR) is 133 cm³/mol. The van der Waals surface area contributed by atoms with E-state index in [2.05, 4.69) is 22.9 Å². The maximum Gasteiger partial charge on any atom is 0.326 e. The van der Waals surface area contributed by atoms with Crippen LogP contribution in [0.15, 0.2) is 30.5 Å². The number of para-hydroxylation sites is 1. The van der Waals surface area contributed by atoms with Crippen molar-refractivity contribution in [3.8, 4) is 0 Å². The number of aromatic nitrogens is 1. The number of carboxylic acid groups (broad SMARTS) is 1. The summed E-state index contributed by atoms with van der Waals surface area (Å²) in [7, 11) is 0. The number of nitrogens with two attached hydrogens (primary N) is 1. The van der Waals surface area contributed by atoms with Crippen molar-refractivity contribution < 1.29 is 24.3 Å². The number of nitrogens with one attached hydrogen (secondary N) is 2. The molecule has 0 aliphatic carbocycles. The van der Waals surface area contributed by atoms with Gasteiger partial charge in [0, 0.05) is 42.4 Å². The van der Waals surface area contributed by atoms with Crippen molar-refractivity contribution >= 4 is 47.2 Å². The highest BCUT2D eigenvalue weighted by molar-refractivity contribution is 7.80. The van der Waals surface area contributed by atoms with Crippen LogP contribution in [0.1, 0.15) is 31.2 Å². The lowest BCUT2D eigenvalue weighted by atomic mass is 10.0. The van der Waals surface area contributed by atoms with Gasteiger partial charge in [-0.25, -0.2) is 4.79 Å². The highest BCUT2D eigenvalue weighted by Gasteiger charge is 2.43. The Balaban J connectivity index is 1.58. The molecule has 3 amide bonds. The van der Waals surface area contributed by atoms with E-state index in [9.17, 15) is 24.3 Å². The first kappa shape index (κ1) is 25.1.